The summed E-state index contributed by atoms with van der Waals surface area (Å²) in [5.41, 5.74) is 2.00. The van der Waals surface area contributed by atoms with E-state index in [4.69, 9.17) is 9.47 Å². The van der Waals surface area contributed by atoms with Gasteiger partial charge in [-0.1, -0.05) is 25.5 Å². The van der Waals surface area contributed by atoms with Gasteiger partial charge in [0.15, 0.2) is 0 Å². The van der Waals surface area contributed by atoms with Crippen molar-refractivity contribution in [3.05, 3.63) is 11.6 Å². The first-order chi connectivity index (χ1) is 15.8. The van der Waals surface area contributed by atoms with E-state index in [2.05, 4.69) is 24.8 Å². The number of ether oxygens (including phenoxy) is 2. The number of hydrogen-bond acceptors (Lipinski definition) is 5. The summed E-state index contributed by atoms with van der Waals surface area (Å²) in [7, 11) is 0. The van der Waals surface area contributed by atoms with Crippen LogP contribution in [0.5, 0.6) is 0 Å². The van der Waals surface area contributed by atoms with E-state index in [1.165, 1.54) is 19.3 Å². The topological polar surface area (TPSA) is 55.8 Å². The number of carbonyl (C=O) groups excluding carboxylic acids is 2. The summed E-state index contributed by atoms with van der Waals surface area (Å²) in [6.07, 6.45) is 12.0. The zero-order valence-electron chi connectivity index (χ0n) is 20.9. The van der Waals surface area contributed by atoms with Crippen LogP contribution in [0.25, 0.3) is 0 Å². The number of allylic oxidation sites excluding steroid dienone is 1. The molecule has 1 aliphatic heterocycles. The predicted molar refractivity (Wildman–Crippen MR) is 128 cm³/mol. The highest BCUT2D eigenvalue weighted by Crippen LogP contribution is 2.66. The van der Waals surface area contributed by atoms with E-state index in [1.54, 1.807) is 5.57 Å². The number of rotatable bonds is 5. The van der Waals surface area contributed by atoms with Gasteiger partial charge in [-0.2, -0.15) is 0 Å². The molecule has 0 radical (unpaired) electrons. The lowest BCUT2D eigenvalue weighted by Gasteiger charge is -2.58. The molecule has 5 aliphatic rings. The smallest absolute Gasteiger partial charge is 0.307 e. The number of carbonyl (C=O) groups is 2. The number of Topliss-reactive ketones (excluding diaryl/α,β-unsaturated/α-hetero) is 1. The first-order valence-corrected chi connectivity index (χ1v) is 13.5. The van der Waals surface area contributed by atoms with Gasteiger partial charge in [-0.15, -0.1) is 0 Å². The molecule has 184 valence electrons. The zero-order valence-corrected chi connectivity index (χ0v) is 20.9. The molecule has 1 saturated heterocycles. The molecule has 4 aliphatic carbocycles. The summed E-state index contributed by atoms with van der Waals surface area (Å²) in [6, 6.07) is 0. The van der Waals surface area contributed by atoms with Crippen molar-refractivity contribution in [2.45, 2.75) is 84.7 Å². The van der Waals surface area contributed by atoms with Gasteiger partial charge in [-0.05, 0) is 80.5 Å². The molecular weight excluding hydrogens is 414 g/mol. The van der Waals surface area contributed by atoms with Crippen LogP contribution < -0.4 is 0 Å². The molecule has 0 N–H and O–H groups in total. The maximum Gasteiger partial charge on any atom is 0.307 e. The normalized spacial score (nSPS) is 43.1. The van der Waals surface area contributed by atoms with Crippen LogP contribution in [-0.4, -0.2) is 55.6 Å². The van der Waals surface area contributed by atoms with E-state index in [0.29, 0.717) is 18.1 Å². The van der Waals surface area contributed by atoms with Crippen molar-refractivity contribution in [1.29, 1.82) is 0 Å². The standard InChI is InChI=1S/C28H43NO4/c1-19(30)23-6-7-24-22-5-4-20-18-21(33-26(31)10-13-29-14-16-32-17-15-29)8-11-27(20,2)25(22)9-12-28(23,24)3/h4,21-25H,5-18H2,1-3H3/t21-,22+,23+,24-,25+,27-,28+/m0/s1. The Hall–Kier alpha value is -1.20. The van der Waals surface area contributed by atoms with Gasteiger partial charge in [0.2, 0.25) is 0 Å². The Bertz CT molecular complexity index is 802. The van der Waals surface area contributed by atoms with Crippen molar-refractivity contribution in [2.24, 2.45) is 34.5 Å². The van der Waals surface area contributed by atoms with Gasteiger partial charge in [0.05, 0.1) is 19.6 Å². The third-order valence-electron chi connectivity index (χ3n) is 10.6. The summed E-state index contributed by atoms with van der Waals surface area (Å²) in [4.78, 5) is 27.2. The predicted octanol–water partition coefficient (Wildman–Crippen LogP) is 4.79. The zero-order chi connectivity index (χ0) is 23.2. The molecule has 33 heavy (non-hydrogen) atoms. The van der Waals surface area contributed by atoms with Crippen LogP contribution in [0.4, 0.5) is 0 Å². The van der Waals surface area contributed by atoms with Gasteiger partial charge in [-0.3, -0.25) is 14.5 Å². The lowest BCUT2D eigenvalue weighted by molar-refractivity contribution is -0.152. The second-order valence-electron chi connectivity index (χ2n) is 12.1. The SMILES string of the molecule is CC(=O)[C@H]1CC[C@H]2[C@H]3CC=C4C[C@@H](OC(=O)CCN5CCOCC5)CC[C@]4(C)[C@@H]3CC[C@]12C. The molecule has 4 fully saturated rings. The Balaban J connectivity index is 1.21. The molecule has 0 spiro atoms. The molecule has 0 bridgehead atoms. The number of ketones is 1. The van der Waals surface area contributed by atoms with Crippen LogP contribution in [0.1, 0.15) is 78.6 Å². The maximum atomic E-state index is 12.5. The summed E-state index contributed by atoms with van der Waals surface area (Å²) in [5, 5.41) is 0. The summed E-state index contributed by atoms with van der Waals surface area (Å²) >= 11 is 0. The number of fused-ring (bicyclic) bond motifs is 5. The minimum absolute atomic E-state index is 0.0421. The fraction of sp³-hybridized carbons (Fsp3) is 0.857. The van der Waals surface area contributed by atoms with Crippen LogP contribution in [0.3, 0.4) is 0 Å². The highest BCUT2D eigenvalue weighted by molar-refractivity contribution is 5.79. The molecule has 0 aromatic rings. The third-order valence-corrected chi connectivity index (χ3v) is 10.6. The van der Waals surface area contributed by atoms with Crippen molar-refractivity contribution in [1.82, 2.24) is 4.90 Å². The van der Waals surface area contributed by atoms with Crippen LogP contribution in [0.15, 0.2) is 11.6 Å². The first kappa shape index (κ1) is 23.5. The maximum absolute atomic E-state index is 12.5. The van der Waals surface area contributed by atoms with Crippen LogP contribution in [-0.2, 0) is 19.1 Å². The minimum Gasteiger partial charge on any atom is -0.462 e. The lowest BCUT2D eigenvalue weighted by atomic mass is 9.47. The Morgan fingerprint density at radius 2 is 1.88 bits per heavy atom. The van der Waals surface area contributed by atoms with Crippen LogP contribution in [0.2, 0.25) is 0 Å². The quantitative estimate of drug-likeness (QED) is 0.439. The molecular formula is C28H43NO4. The second-order valence-corrected chi connectivity index (χ2v) is 12.1. The van der Waals surface area contributed by atoms with Gasteiger partial charge < -0.3 is 9.47 Å². The molecule has 3 saturated carbocycles. The molecule has 5 rings (SSSR count). The average molecular weight is 458 g/mol. The Morgan fingerprint density at radius 3 is 2.64 bits per heavy atom. The van der Waals surface area contributed by atoms with Gasteiger partial charge in [0.25, 0.3) is 0 Å². The molecule has 0 amide bonds. The van der Waals surface area contributed by atoms with E-state index in [1.807, 2.05) is 6.92 Å². The number of nitrogens with zero attached hydrogens (tertiary/aromatic N) is 1. The number of hydrogen-bond donors (Lipinski definition) is 0. The van der Waals surface area contributed by atoms with Crippen LogP contribution in [0, 0.1) is 34.5 Å². The molecule has 0 unspecified atom stereocenters. The Labute approximate surface area is 199 Å². The van der Waals surface area contributed by atoms with Crippen molar-refractivity contribution in [2.75, 3.05) is 32.8 Å². The van der Waals surface area contributed by atoms with Gasteiger partial charge >= 0.3 is 5.97 Å². The first-order valence-electron chi connectivity index (χ1n) is 13.5. The minimum atomic E-state index is -0.0426. The van der Waals surface area contributed by atoms with Gasteiger partial charge in [0, 0.05) is 32.0 Å². The molecule has 0 aromatic heterocycles. The molecule has 1 heterocycles. The molecule has 5 nitrogen and oxygen atoms in total. The number of morpholine rings is 1. The van der Waals surface area contributed by atoms with E-state index >= 15 is 0 Å². The van der Waals surface area contributed by atoms with Gasteiger partial charge in [0.1, 0.15) is 11.9 Å². The van der Waals surface area contributed by atoms with E-state index < -0.39 is 0 Å². The van der Waals surface area contributed by atoms with E-state index in [0.717, 1.165) is 76.8 Å². The van der Waals surface area contributed by atoms with Crippen molar-refractivity contribution < 1.29 is 19.1 Å². The Kier molecular flexibility index (Phi) is 6.50. The van der Waals surface area contributed by atoms with Gasteiger partial charge in [-0.25, -0.2) is 0 Å². The highest BCUT2D eigenvalue weighted by Gasteiger charge is 2.59. The second kappa shape index (κ2) is 9.11. The monoisotopic (exact) mass is 457 g/mol. The molecule has 0 aromatic carbocycles. The summed E-state index contributed by atoms with van der Waals surface area (Å²) in [5.74, 6) is 2.77. The van der Waals surface area contributed by atoms with Crippen molar-refractivity contribution >= 4 is 11.8 Å². The van der Waals surface area contributed by atoms with E-state index in [-0.39, 0.29) is 28.8 Å². The molecule has 7 atom stereocenters. The molecule has 5 heteroatoms. The highest BCUT2D eigenvalue weighted by atomic mass is 16.5. The summed E-state index contributed by atoms with van der Waals surface area (Å²) < 4.78 is 11.4. The fourth-order valence-corrected chi connectivity index (χ4v) is 8.71. The largest absolute Gasteiger partial charge is 0.462 e. The average Bonchev–Trinajstić information content (AvgIpc) is 3.16. The van der Waals surface area contributed by atoms with Crippen molar-refractivity contribution in [3.8, 4) is 0 Å². The summed E-state index contributed by atoms with van der Waals surface area (Å²) in [6.45, 7) is 10.9. The lowest BCUT2D eigenvalue weighted by Crippen LogP contribution is -2.51. The third kappa shape index (κ3) is 4.22. The van der Waals surface area contributed by atoms with E-state index in [9.17, 15) is 9.59 Å². The van der Waals surface area contributed by atoms with Crippen molar-refractivity contribution in [3.63, 3.8) is 0 Å². The van der Waals surface area contributed by atoms with Crippen LogP contribution >= 0.6 is 0 Å². The Morgan fingerprint density at radius 1 is 1.09 bits per heavy atom. The fourth-order valence-electron chi connectivity index (χ4n) is 8.71. The number of esters is 1.